The molecule has 2 amide bonds. The molecule has 0 saturated carbocycles. The van der Waals surface area contributed by atoms with E-state index in [1.54, 1.807) is 12.1 Å². The normalized spacial score (nSPS) is 16.7. The fraction of sp³-hybridized carbons (Fsp3) is 0.500. The van der Waals surface area contributed by atoms with Crippen LogP contribution in [0.1, 0.15) is 28.8 Å². The zero-order valence-corrected chi connectivity index (χ0v) is 13.7. The highest BCUT2D eigenvalue weighted by atomic mass is 35.5. The molecular formula is C16H24ClN3O2. The topological polar surface area (TPSA) is 70.2 Å². The van der Waals surface area contributed by atoms with Gasteiger partial charge in [-0.3, -0.25) is 9.59 Å². The molecule has 1 aliphatic heterocycles. The number of benzene rings is 1. The van der Waals surface area contributed by atoms with Gasteiger partial charge in [0.05, 0.1) is 0 Å². The highest BCUT2D eigenvalue weighted by Crippen LogP contribution is 2.11. The third-order valence-corrected chi connectivity index (χ3v) is 3.68. The number of hydrogen-bond acceptors (Lipinski definition) is 3. The SMILES string of the molecule is Cc1ccc(C(=O)NCCNC(=O)CC2CCNC2)cc1.Cl. The Morgan fingerprint density at radius 1 is 1.18 bits per heavy atom. The van der Waals surface area contributed by atoms with E-state index in [1.165, 1.54) is 0 Å². The predicted molar refractivity (Wildman–Crippen MR) is 89.4 cm³/mol. The smallest absolute Gasteiger partial charge is 0.251 e. The monoisotopic (exact) mass is 325 g/mol. The van der Waals surface area contributed by atoms with E-state index >= 15 is 0 Å². The van der Waals surface area contributed by atoms with Gasteiger partial charge < -0.3 is 16.0 Å². The largest absolute Gasteiger partial charge is 0.354 e. The minimum atomic E-state index is -0.107. The summed E-state index contributed by atoms with van der Waals surface area (Å²) < 4.78 is 0. The summed E-state index contributed by atoms with van der Waals surface area (Å²) >= 11 is 0. The molecule has 22 heavy (non-hydrogen) atoms. The summed E-state index contributed by atoms with van der Waals surface area (Å²) in [5, 5.41) is 8.89. The van der Waals surface area contributed by atoms with Crippen molar-refractivity contribution in [1.29, 1.82) is 0 Å². The van der Waals surface area contributed by atoms with Crippen LogP contribution in [0.25, 0.3) is 0 Å². The van der Waals surface area contributed by atoms with E-state index in [2.05, 4.69) is 16.0 Å². The van der Waals surface area contributed by atoms with Crippen LogP contribution in [0.15, 0.2) is 24.3 Å². The highest BCUT2D eigenvalue weighted by molar-refractivity contribution is 5.94. The van der Waals surface area contributed by atoms with Crippen LogP contribution in [0, 0.1) is 12.8 Å². The molecule has 1 heterocycles. The summed E-state index contributed by atoms with van der Waals surface area (Å²) in [6.45, 7) is 4.83. The average Bonchev–Trinajstić information content (AvgIpc) is 2.97. The maximum Gasteiger partial charge on any atom is 0.251 e. The van der Waals surface area contributed by atoms with E-state index < -0.39 is 0 Å². The lowest BCUT2D eigenvalue weighted by Crippen LogP contribution is -2.35. The summed E-state index contributed by atoms with van der Waals surface area (Å²) in [6, 6.07) is 7.42. The fourth-order valence-electron chi connectivity index (χ4n) is 2.41. The van der Waals surface area contributed by atoms with E-state index in [0.717, 1.165) is 25.1 Å². The Kier molecular flexibility index (Phi) is 7.91. The van der Waals surface area contributed by atoms with Crippen LogP contribution in [0.5, 0.6) is 0 Å². The van der Waals surface area contributed by atoms with Gasteiger partial charge in [-0.15, -0.1) is 12.4 Å². The molecule has 0 spiro atoms. The van der Waals surface area contributed by atoms with Crippen LogP contribution >= 0.6 is 12.4 Å². The molecular weight excluding hydrogens is 302 g/mol. The van der Waals surface area contributed by atoms with Crippen LogP contribution in [-0.4, -0.2) is 38.0 Å². The van der Waals surface area contributed by atoms with Crippen LogP contribution in [0.4, 0.5) is 0 Å². The van der Waals surface area contributed by atoms with Gasteiger partial charge in [0.2, 0.25) is 5.91 Å². The molecule has 1 atom stereocenters. The lowest BCUT2D eigenvalue weighted by molar-refractivity contribution is -0.121. The maximum absolute atomic E-state index is 11.8. The molecule has 3 N–H and O–H groups in total. The lowest BCUT2D eigenvalue weighted by Gasteiger charge is -2.10. The molecule has 1 aromatic rings. The van der Waals surface area contributed by atoms with Crippen LogP contribution in [0.3, 0.4) is 0 Å². The third-order valence-electron chi connectivity index (χ3n) is 3.68. The molecule has 1 unspecified atom stereocenters. The van der Waals surface area contributed by atoms with Crippen molar-refractivity contribution < 1.29 is 9.59 Å². The van der Waals surface area contributed by atoms with Crippen molar-refractivity contribution in [3.05, 3.63) is 35.4 Å². The maximum atomic E-state index is 11.8. The summed E-state index contributed by atoms with van der Waals surface area (Å²) in [7, 11) is 0. The first-order valence-electron chi connectivity index (χ1n) is 7.47. The van der Waals surface area contributed by atoms with E-state index in [4.69, 9.17) is 0 Å². The molecule has 1 saturated heterocycles. The van der Waals surface area contributed by atoms with Gasteiger partial charge >= 0.3 is 0 Å². The Morgan fingerprint density at radius 2 is 1.86 bits per heavy atom. The summed E-state index contributed by atoms with van der Waals surface area (Å²) in [5.74, 6) is 0.407. The quantitative estimate of drug-likeness (QED) is 0.690. The molecule has 2 rings (SSSR count). The fourth-order valence-corrected chi connectivity index (χ4v) is 2.41. The molecule has 5 nitrogen and oxygen atoms in total. The lowest BCUT2D eigenvalue weighted by atomic mass is 10.0. The number of hydrogen-bond donors (Lipinski definition) is 3. The highest BCUT2D eigenvalue weighted by Gasteiger charge is 2.17. The van der Waals surface area contributed by atoms with Gasteiger partial charge in [-0.1, -0.05) is 17.7 Å². The molecule has 122 valence electrons. The Bertz CT molecular complexity index is 485. The van der Waals surface area contributed by atoms with E-state index in [1.807, 2.05) is 19.1 Å². The Hall–Kier alpha value is -1.59. The second kappa shape index (κ2) is 9.43. The Labute approximate surface area is 137 Å². The van der Waals surface area contributed by atoms with E-state index in [0.29, 0.717) is 31.0 Å². The summed E-state index contributed by atoms with van der Waals surface area (Å²) in [5.41, 5.74) is 1.77. The van der Waals surface area contributed by atoms with Crippen LogP contribution < -0.4 is 16.0 Å². The van der Waals surface area contributed by atoms with Gasteiger partial charge in [-0.2, -0.15) is 0 Å². The molecule has 0 radical (unpaired) electrons. The van der Waals surface area contributed by atoms with Crippen molar-refractivity contribution in [2.45, 2.75) is 19.8 Å². The molecule has 0 aromatic heterocycles. The van der Waals surface area contributed by atoms with Gasteiger partial charge in [0.15, 0.2) is 0 Å². The Morgan fingerprint density at radius 3 is 2.50 bits per heavy atom. The van der Waals surface area contributed by atoms with Crippen molar-refractivity contribution in [3.8, 4) is 0 Å². The first kappa shape index (κ1) is 18.5. The minimum Gasteiger partial charge on any atom is -0.354 e. The van der Waals surface area contributed by atoms with Crippen LogP contribution in [0.2, 0.25) is 0 Å². The molecule has 0 bridgehead atoms. The molecule has 1 fully saturated rings. The van der Waals surface area contributed by atoms with Crippen molar-refractivity contribution in [1.82, 2.24) is 16.0 Å². The number of rotatable bonds is 6. The van der Waals surface area contributed by atoms with Gasteiger partial charge in [-0.05, 0) is 44.5 Å². The third kappa shape index (κ3) is 6.03. The first-order chi connectivity index (χ1) is 10.1. The molecule has 1 aliphatic rings. The molecule has 6 heteroatoms. The van der Waals surface area contributed by atoms with Crippen molar-refractivity contribution >= 4 is 24.2 Å². The zero-order valence-electron chi connectivity index (χ0n) is 12.9. The first-order valence-corrected chi connectivity index (χ1v) is 7.47. The predicted octanol–water partition coefficient (Wildman–Crippen LogP) is 1.26. The average molecular weight is 326 g/mol. The summed E-state index contributed by atoms with van der Waals surface area (Å²) in [6.07, 6.45) is 1.64. The number of carbonyl (C=O) groups is 2. The van der Waals surface area contributed by atoms with Crippen molar-refractivity contribution in [3.63, 3.8) is 0 Å². The van der Waals surface area contributed by atoms with Crippen molar-refractivity contribution in [2.75, 3.05) is 26.2 Å². The van der Waals surface area contributed by atoms with Gasteiger partial charge in [0.1, 0.15) is 0 Å². The van der Waals surface area contributed by atoms with E-state index in [-0.39, 0.29) is 24.2 Å². The number of nitrogens with one attached hydrogen (secondary N) is 3. The van der Waals surface area contributed by atoms with Crippen LogP contribution in [-0.2, 0) is 4.79 Å². The number of carbonyl (C=O) groups excluding carboxylic acids is 2. The second-order valence-corrected chi connectivity index (χ2v) is 5.53. The second-order valence-electron chi connectivity index (χ2n) is 5.53. The minimum absolute atomic E-state index is 0. The number of halogens is 1. The van der Waals surface area contributed by atoms with Crippen molar-refractivity contribution in [2.24, 2.45) is 5.92 Å². The molecule has 1 aromatic carbocycles. The van der Waals surface area contributed by atoms with E-state index in [9.17, 15) is 9.59 Å². The molecule has 0 aliphatic carbocycles. The zero-order chi connectivity index (χ0) is 15.1. The number of amides is 2. The van der Waals surface area contributed by atoms with Gasteiger partial charge in [0, 0.05) is 25.1 Å². The van der Waals surface area contributed by atoms with Gasteiger partial charge in [0.25, 0.3) is 5.91 Å². The van der Waals surface area contributed by atoms with Gasteiger partial charge in [-0.25, -0.2) is 0 Å². The summed E-state index contributed by atoms with van der Waals surface area (Å²) in [4.78, 5) is 23.5. The standard InChI is InChI=1S/C16H23N3O2.ClH/c1-12-2-4-14(5-3-12)16(21)19-9-8-18-15(20)10-13-6-7-17-11-13;/h2-5,13,17H,6-11H2,1H3,(H,18,20)(H,19,21);1H. The Balaban J connectivity index is 0.00000242. The number of aryl methyl sites for hydroxylation is 1.